The zero-order valence-electron chi connectivity index (χ0n) is 16.3. The van der Waals surface area contributed by atoms with E-state index in [0.717, 1.165) is 24.0 Å². The van der Waals surface area contributed by atoms with Crippen LogP contribution < -0.4 is 5.32 Å². The minimum absolute atomic E-state index is 0.0852. The zero-order valence-corrected chi connectivity index (χ0v) is 16.3. The molecule has 8 nitrogen and oxygen atoms in total. The molecule has 1 aliphatic rings. The Bertz CT molecular complexity index is 998. The molecule has 1 aliphatic carbocycles. The number of carbonyl (C=O) groups is 1. The molecule has 0 spiro atoms. The topological polar surface area (TPSA) is 101 Å². The maximum Gasteiger partial charge on any atom is 0.293 e. The van der Waals surface area contributed by atoms with Crippen molar-refractivity contribution in [1.29, 1.82) is 0 Å². The van der Waals surface area contributed by atoms with Gasteiger partial charge in [0.25, 0.3) is 11.6 Å². The van der Waals surface area contributed by atoms with Crippen LogP contribution in [0.3, 0.4) is 0 Å². The van der Waals surface area contributed by atoms with Crippen molar-refractivity contribution in [3.05, 3.63) is 94.1 Å². The van der Waals surface area contributed by atoms with Crippen LogP contribution >= 0.6 is 0 Å². The molecule has 152 valence electrons. The number of nitro benzene ring substituents is 1. The number of nitro groups is 1. The van der Waals surface area contributed by atoms with Crippen molar-refractivity contribution in [2.24, 2.45) is 0 Å². The zero-order chi connectivity index (χ0) is 20.9. The molecular formula is C22H21N5O3. The highest BCUT2D eigenvalue weighted by atomic mass is 16.6. The van der Waals surface area contributed by atoms with Gasteiger partial charge in [-0.1, -0.05) is 6.07 Å². The first-order chi connectivity index (χ1) is 14.6. The molecule has 4 rings (SSSR count). The van der Waals surface area contributed by atoms with Crippen LogP contribution in [0.25, 0.3) is 0 Å². The molecule has 0 bridgehead atoms. The van der Waals surface area contributed by atoms with Crippen molar-refractivity contribution in [2.75, 3.05) is 5.32 Å². The van der Waals surface area contributed by atoms with E-state index in [1.54, 1.807) is 41.8 Å². The van der Waals surface area contributed by atoms with E-state index >= 15 is 0 Å². The van der Waals surface area contributed by atoms with Crippen LogP contribution in [0.15, 0.2) is 67.3 Å². The minimum atomic E-state index is -0.449. The molecule has 2 heterocycles. The summed E-state index contributed by atoms with van der Waals surface area (Å²) in [4.78, 5) is 34.2. The Kier molecular flexibility index (Phi) is 5.65. The fourth-order valence-electron chi connectivity index (χ4n) is 3.19. The maximum atomic E-state index is 13.3. The number of pyridine rings is 2. The van der Waals surface area contributed by atoms with E-state index < -0.39 is 4.92 Å². The predicted molar refractivity (Wildman–Crippen MR) is 112 cm³/mol. The number of aromatic nitrogens is 2. The van der Waals surface area contributed by atoms with Gasteiger partial charge in [-0.25, -0.2) is 0 Å². The number of hydrogen-bond donors (Lipinski definition) is 1. The van der Waals surface area contributed by atoms with Crippen molar-refractivity contribution in [3.63, 3.8) is 0 Å². The van der Waals surface area contributed by atoms with Gasteiger partial charge in [-0.05, 0) is 54.3 Å². The van der Waals surface area contributed by atoms with Crippen LogP contribution in [0, 0.1) is 10.1 Å². The van der Waals surface area contributed by atoms with Gasteiger partial charge in [-0.15, -0.1) is 0 Å². The summed E-state index contributed by atoms with van der Waals surface area (Å²) in [7, 11) is 0. The summed E-state index contributed by atoms with van der Waals surface area (Å²) in [6.45, 7) is 0.691. The van der Waals surface area contributed by atoms with Crippen molar-refractivity contribution < 1.29 is 9.72 Å². The number of benzene rings is 1. The fourth-order valence-corrected chi connectivity index (χ4v) is 3.19. The van der Waals surface area contributed by atoms with E-state index in [9.17, 15) is 14.9 Å². The Labute approximate surface area is 173 Å². The van der Waals surface area contributed by atoms with Crippen molar-refractivity contribution in [3.8, 4) is 0 Å². The molecule has 1 amide bonds. The Hall–Kier alpha value is -3.81. The van der Waals surface area contributed by atoms with Crippen molar-refractivity contribution in [2.45, 2.75) is 32.0 Å². The van der Waals surface area contributed by atoms with Crippen LogP contribution in [0.4, 0.5) is 11.4 Å². The van der Waals surface area contributed by atoms with Gasteiger partial charge in [0.15, 0.2) is 0 Å². The third-order valence-corrected chi connectivity index (χ3v) is 4.88. The molecule has 0 unspecified atom stereocenters. The first kappa shape index (κ1) is 19.5. The second kappa shape index (κ2) is 8.69. The largest absolute Gasteiger partial charge is 0.377 e. The third kappa shape index (κ3) is 4.78. The van der Waals surface area contributed by atoms with Crippen LogP contribution in [0.2, 0.25) is 0 Å². The van der Waals surface area contributed by atoms with Crippen molar-refractivity contribution >= 4 is 17.3 Å². The number of anilines is 1. The highest BCUT2D eigenvalue weighted by molar-refractivity contribution is 5.95. The Morgan fingerprint density at radius 2 is 1.83 bits per heavy atom. The van der Waals surface area contributed by atoms with Crippen LogP contribution in [0.5, 0.6) is 0 Å². The molecule has 0 saturated heterocycles. The lowest BCUT2D eigenvalue weighted by Crippen LogP contribution is -2.30. The van der Waals surface area contributed by atoms with E-state index in [0.29, 0.717) is 18.8 Å². The Morgan fingerprint density at radius 3 is 2.50 bits per heavy atom. The second-order valence-corrected chi connectivity index (χ2v) is 7.29. The summed E-state index contributed by atoms with van der Waals surface area (Å²) in [5, 5.41) is 14.7. The molecule has 30 heavy (non-hydrogen) atoms. The lowest BCUT2D eigenvalue weighted by Gasteiger charge is -2.23. The van der Waals surface area contributed by atoms with Gasteiger partial charge in [0.2, 0.25) is 0 Å². The summed E-state index contributed by atoms with van der Waals surface area (Å²) < 4.78 is 0. The van der Waals surface area contributed by atoms with Gasteiger partial charge in [0.1, 0.15) is 5.69 Å². The summed E-state index contributed by atoms with van der Waals surface area (Å²) in [5.41, 5.74) is 2.44. The van der Waals surface area contributed by atoms with Gasteiger partial charge in [0, 0.05) is 55.5 Å². The van der Waals surface area contributed by atoms with Crippen molar-refractivity contribution in [1.82, 2.24) is 14.9 Å². The van der Waals surface area contributed by atoms with Gasteiger partial charge in [-0.3, -0.25) is 24.9 Å². The number of carbonyl (C=O) groups excluding carboxylic acids is 1. The average Bonchev–Trinajstić information content (AvgIpc) is 3.58. The Balaban J connectivity index is 1.62. The van der Waals surface area contributed by atoms with E-state index in [2.05, 4.69) is 15.3 Å². The summed E-state index contributed by atoms with van der Waals surface area (Å²) in [6.07, 6.45) is 8.73. The number of hydrogen-bond acceptors (Lipinski definition) is 6. The molecule has 0 aliphatic heterocycles. The van der Waals surface area contributed by atoms with E-state index in [-0.39, 0.29) is 23.2 Å². The summed E-state index contributed by atoms with van der Waals surface area (Å²) in [5.74, 6) is -0.281. The normalized spacial score (nSPS) is 12.9. The third-order valence-electron chi connectivity index (χ3n) is 4.88. The molecule has 1 saturated carbocycles. The molecular weight excluding hydrogens is 382 g/mol. The van der Waals surface area contributed by atoms with Crippen LogP contribution in [-0.4, -0.2) is 31.7 Å². The fraction of sp³-hybridized carbons (Fsp3) is 0.227. The highest BCUT2D eigenvalue weighted by Crippen LogP contribution is 2.32. The van der Waals surface area contributed by atoms with Gasteiger partial charge >= 0.3 is 0 Å². The molecule has 1 fully saturated rings. The Morgan fingerprint density at radius 1 is 1.07 bits per heavy atom. The van der Waals surface area contributed by atoms with Crippen LogP contribution in [0.1, 0.15) is 34.3 Å². The predicted octanol–water partition coefficient (Wildman–Crippen LogP) is 3.80. The number of nitrogens with one attached hydrogen (secondary N) is 1. The van der Waals surface area contributed by atoms with E-state index in [1.807, 2.05) is 24.3 Å². The first-order valence-corrected chi connectivity index (χ1v) is 9.72. The number of rotatable bonds is 8. The maximum absolute atomic E-state index is 13.3. The van der Waals surface area contributed by atoms with Crippen LogP contribution in [-0.2, 0) is 13.1 Å². The lowest BCUT2D eigenvalue weighted by molar-refractivity contribution is -0.384. The SMILES string of the molecule is O=C(c1ccc(NC2CC2)c([N+](=O)[O-])c1)N(Cc1ccncc1)Cc1cccnc1. The molecule has 2 aromatic heterocycles. The molecule has 1 aromatic carbocycles. The summed E-state index contributed by atoms with van der Waals surface area (Å²) in [6, 6.07) is 12.3. The molecule has 3 aromatic rings. The second-order valence-electron chi connectivity index (χ2n) is 7.29. The number of amides is 1. The minimum Gasteiger partial charge on any atom is -0.377 e. The monoisotopic (exact) mass is 403 g/mol. The standard InChI is InChI=1S/C22H21N5O3/c28-22(18-3-6-20(25-19-4-5-19)21(12-18)27(29)30)26(14-16-7-10-23-11-8-16)15-17-2-1-9-24-13-17/h1-3,6-13,19,25H,4-5,14-15H2. The molecule has 1 N–H and O–H groups in total. The smallest absolute Gasteiger partial charge is 0.293 e. The summed E-state index contributed by atoms with van der Waals surface area (Å²) >= 11 is 0. The molecule has 0 atom stereocenters. The van der Waals surface area contributed by atoms with Gasteiger partial charge < -0.3 is 10.2 Å². The van der Waals surface area contributed by atoms with Gasteiger partial charge in [0.05, 0.1) is 4.92 Å². The average molecular weight is 403 g/mol. The molecule has 8 heteroatoms. The quantitative estimate of drug-likeness (QED) is 0.453. The van der Waals surface area contributed by atoms with Gasteiger partial charge in [-0.2, -0.15) is 0 Å². The lowest BCUT2D eigenvalue weighted by atomic mass is 10.1. The van der Waals surface area contributed by atoms with E-state index in [4.69, 9.17) is 0 Å². The highest BCUT2D eigenvalue weighted by Gasteiger charge is 2.26. The van der Waals surface area contributed by atoms with E-state index in [1.165, 1.54) is 6.07 Å². The first-order valence-electron chi connectivity index (χ1n) is 9.72. The molecule has 0 radical (unpaired) electrons. The number of nitrogens with zero attached hydrogens (tertiary/aromatic N) is 4.